The number of hydrogen-bond donors (Lipinski definition) is 0. The Bertz CT molecular complexity index is 700. The fourth-order valence-corrected chi connectivity index (χ4v) is 2.72. The van der Waals surface area contributed by atoms with Crippen LogP contribution in [0.4, 0.5) is 0 Å². The van der Waals surface area contributed by atoms with Crippen LogP contribution in [0.2, 0.25) is 5.02 Å². The molecule has 0 atom stereocenters. The first kappa shape index (κ1) is 16.3. The quantitative estimate of drug-likeness (QED) is 0.551. The van der Waals surface area contributed by atoms with E-state index in [4.69, 9.17) is 21.1 Å². The van der Waals surface area contributed by atoms with Crippen LogP contribution in [-0.4, -0.2) is 24.9 Å². The number of nitrogens with zero attached hydrogens (tertiary/aromatic N) is 1. The van der Waals surface area contributed by atoms with Gasteiger partial charge in [0.1, 0.15) is 12.4 Å². The van der Waals surface area contributed by atoms with Gasteiger partial charge in [-0.05, 0) is 52.9 Å². The van der Waals surface area contributed by atoms with Gasteiger partial charge in [-0.2, -0.15) is 0 Å². The van der Waals surface area contributed by atoms with Crippen LogP contribution in [0.5, 0.6) is 5.75 Å². The van der Waals surface area contributed by atoms with Crippen molar-refractivity contribution in [2.45, 2.75) is 0 Å². The highest BCUT2D eigenvalue weighted by atomic mass is 127. The topological polar surface area (TPSA) is 40.5 Å². The van der Waals surface area contributed by atoms with Crippen LogP contribution >= 0.6 is 34.2 Å². The van der Waals surface area contributed by atoms with Crippen LogP contribution < -0.4 is 10.3 Å². The van der Waals surface area contributed by atoms with E-state index in [-0.39, 0.29) is 5.56 Å². The molecule has 0 N–H and O–H groups in total. The molecule has 2 rings (SSSR count). The third-order valence-corrected chi connectivity index (χ3v) is 4.16. The molecule has 112 valence electrons. The highest BCUT2D eigenvalue weighted by Crippen LogP contribution is 2.30. The summed E-state index contributed by atoms with van der Waals surface area (Å²) in [6.45, 7) is 0.985. The first-order valence-electron chi connectivity index (χ1n) is 6.31. The van der Waals surface area contributed by atoms with Crippen molar-refractivity contribution in [3.63, 3.8) is 0 Å². The molecule has 0 aliphatic heterocycles. The Balaban J connectivity index is 2.33. The van der Waals surface area contributed by atoms with Crippen LogP contribution in [0, 0.1) is 3.57 Å². The molecule has 1 heterocycles. The molecule has 0 unspecified atom stereocenters. The standard InChI is InChI=1S/C15H15ClINO3/c1-18-14(6-5-13(17)15(18)19)11-4-3-10(9-12(11)16)21-8-7-20-2/h3-6,9H,7-8H2,1-2H3. The van der Waals surface area contributed by atoms with E-state index in [0.29, 0.717) is 27.6 Å². The maximum absolute atomic E-state index is 12.0. The summed E-state index contributed by atoms with van der Waals surface area (Å²) in [5.41, 5.74) is 1.53. The highest BCUT2D eigenvalue weighted by Gasteiger charge is 2.10. The molecule has 1 aromatic carbocycles. The van der Waals surface area contributed by atoms with Gasteiger partial charge < -0.3 is 14.0 Å². The normalized spacial score (nSPS) is 10.7. The van der Waals surface area contributed by atoms with E-state index in [9.17, 15) is 4.79 Å². The third kappa shape index (κ3) is 3.78. The maximum atomic E-state index is 12.0. The second kappa shape index (κ2) is 7.29. The van der Waals surface area contributed by atoms with Crippen molar-refractivity contribution >= 4 is 34.2 Å². The number of pyridine rings is 1. The largest absolute Gasteiger partial charge is 0.491 e. The van der Waals surface area contributed by atoms with Gasteiger partial charge in [-0.1, -0.05) is 11.6 Å². The lowest BCUT2D eigenvalue weighted by Gasteiger charge is -2.12. The predicted molar refractivity (Wildman–Crippen MR) is 92.2 cm³/mol. The minimum absolute atomic E-state index is 0.0374. The lowest BCUT2D eigenvalue weighted by molar-refractivity contribution is 0.146. The average molecular weight is 420 g/mol. The zero-order valence-electron chi connectivity index (χ0n) is 11.7. The van der Waals surface area contributed by atoms with E-state index in [0.717, 1.165) is 11.3 Å². The lowest BCUT2D eigenvalue weighted by atomic mass is 10.1. The zero-order valence-corrected chi connectivity index (χ0v) is 14.6. The van der Waals surface area contributed by atoms with Crippen LogP contribution in [0.1, 0.15) is 0 Å². The second-order valence-electron chi connectivity index (χ2n) is 4.41. The average Bonchev–Trinajstić information content (AvgIpc) is 2.46. The summed E-state index contributed by atoms with van der Waals surface area (Å²) < 4.78 is 12.7. The monoisotopic (exact) mass is 419 g/mol. The summed E-state index contributed by atoms with van der Waals surface area (Å²) in [6.07, 6.45) is 0. The zero-order chi connectivity index (χ0) is 15.4. The van der Waals surface area contributed by atoms with Crippen molar-refractivity contribution in [1.29, 1.82) is 0 Å². The Hall–Kier alpha value is -1.05. The number of methoxy groups -OCH3 is 1. The van der Waals surface area contributed by atoms with Gasteiger partial charge in [0.2, 0.25) is 0 Å². The molecule has 0 bridgehead atoms. The van der Waals surface area contributed by atoms with Gasteiger partial charge in [0.25, 0.3) is 5.56 Å². The van der Waals surface area contributed by atoms with E-state index < -0.39 is 0 Å². The van der Waals surface area contributed by atoms with E-state index in [2.05, 4.69) is 0 Å². The molecule has 4 nitrogen and oxygen atoms in total. The number of benzene rings is 1. The maximum Gasteiger partial charge on any atom is 0.264 e. The second-order valence-corrected chi connectivity index (χ2v) is 5.98. The SMILES string of the molecule is COCCOc1ccc(-c2ccc(I)c(=O)n2C)c(Cl)c1. The van der Waals surface area contributed by atoms with Gasteiger partial charge >= 0.3 is 0 Å². The molecular formula is C15H15ClINO3. The van der Waals surface area contributed by atoms with Crippen molar-refractivity contribution < 1.29 is 9.47 Å². The van der Waals surface area contributed by atoms with Crippen LogP contribution in [0.25, 0.3) is 11.3 Å². The summed E-state index contributed by atoms with van der Waals surface area (Å²) in [5.74, 6) is 0.677. The third-order valence-electron chi connectivity index (χ3n) is 3.03. The summed E-state index contributed by atoms with van der Waals surface area (Å²) in [5, 5.41) is 0.543. The van der Waals surface area contributed by atoms with Crippen LogP contribution in [0.15, 0.2) is 35.1 Å². The molecule has 1 aromatic heterocycles. The van der Waals surface area contributed by atoms with Gasteiger partial charge in [0.05, 0.1) is 20.9 Å². The van der Waals surface area contributed by atoms with Crippen LogP contribution in [0.3, 0.4) is 0 Å². The summed E-state index contributed by atoms with van der Waals surface area (Å²) >= 11 is 8.33. The van der Waals surface area contributed by atoms with E-state index in [1.54, 1.807) is 30.9 Å². The van der Waals surface area contributed by atoms with Gasteiger partial charge in [-0.15, -0.1) is 0 Å². The molecule has 21 heavy (non-hydrogen) atoms. The van der Waals surface area contributed by atoms with Crippen molar-refractivity contribution in [2.24, 2.45) is 7.05 Å². The molecule has 0 saturated carbocycles. The molecule has 0 aliphatic carbocycles. The Kier molecular flexibility index (Phi) is 5.66. The molecule has 0 fully saturated rings. The Morgan fingerprint density at radius 1 is 1.24 bits per heavy atom. The minimum atomic E-state index is -0.0374. The van der Waals surface area contributed by atoms with Crippen molar-refractivity contribution in [1.82, 2.24) is 4.57 Å². The molecule has 0 amide bonds. The summed E-state index contributed by atoms with van der Waals surface area (Å²) in [6, 6.07) is 9.10. The first-order chi connectivity index (χ1) is 10.0. The Labute approximate surface area is 141 Å². The number of ether oxygens (including phenoxy) is 2. The Morgan fingerprint density at radius 3 is 2.67 bits per heavy atom. The van der Waals surface area contributed by atoms with Gasteiger partial charge in [0, 0.05) is 19.7 Å². The summed E-state index contributed by atoms with van der Waals surface area (Å²) in [7, 11) is 3.36. The van der Waals surface area contributed by atoms with Gasteiger partial charge in [-0.25, -0.2) is 0 Å². The predicted octanol–water partition coefficient (Wildman–Crippen LogP) is 3.34. The molecule has 0 aliphatic rings. The van der Waals surface area contributed by atoms with E-state index in [1.807, 2.05) is 40.8 Å². The molecule has 0 radical (unpaired) electrons. The fourth-order valence-electron chi connectivity index (χ4n) is 1.91. The molecule has 6 heteroatoms. The number of halogens is 2. The Morgan fingerprint density at radius 2 is 2.00 bits per heavy atom. The molecular weight excluding hydrogens is 405 g/mol. The minimum Gasteiger partial charge on any atom is -0.491 e. The van der Waals surface area contributed by atoms with E-state index >= 15 is 0 Å². The van der Waals surface area contributed by atoms with Gasteiger partial charge in [-0.3, -0.25) is 4.79 Å². The van der Waals surface area contributed by atoms with Gasteiger partial charge in [0.15, 0.2) is 0 Å². The van der Waals surface area contributed by atoms with Crippen molar-refractivity contribution in [2.75, 3.05) is 20.3 Å². The fraction of sp³-hybridized carbons (Fsp3) is 0.267. The number of aromatic nitrogens is 1. The highest BCUT2D eigenvalue weighted by molar-refractivity contribution is 14.1. The summed E-state index contributed by atoms with van der Waals surface area (Å²) in [4.78, 5) is 12.0. The van der Waals surface area contributed by atoms with Crippen molar-refractivity contribution in [3.8, 4) is 17.0 Å². The van der Waals surface area contributed by atoms with Crippen molar-refractivity contribution in [3.05, 3.63) is 49.3 Å². The smallest absolute Gasteiger partial charge is 0.264 e. The number of hydrogen-bond acceptors (Lipinski definition) is 3. The lowest BCUT2D eigenvalue weighted by Crippen LogP contribution is -2.20. The molecule has 0 saturated heterocycles. The number of rotatable bonds is 5. The van der Waals surface area contributed by atoms with Crippen LogP contribution in [-0.2, 0) is 11.8 Å². The first-order valence-corrected chi connectivity index (χ1v) is 7.77. The molecule has 2 aromatic rings. The molecule has 0 spiro atoms. The van der Waals surface area contributed by atoms with E-state index in [1.165, 1.54) is 0 Å².